The maximum Gasteiger partial charge on any atom is 0.289 e. The zero-order valence-corrected chi connectivity index (χ0v) is 12.1. The Morgan fingerprint density at radius 3 is 2.53 bits per heavy atom. The largest absolute Gasteiger partial charge is 0.299 e. The SMILES string of the molecule is CC(=O)CSc1ccc(CN2C(=O)CSC2=O)cc1. The van der Waals surface area contributed by atoms with E-state index in [0.29, 0.717) is 12.3 Å². The zero-order valence-electron chi connectivity index (χ0n) is 10.4. The molecule has 0 aromatic heterocycles. The molecule has 0 saturated carbocycles. The Morgan fingerprint density at radius 1 is 1.32 bits per heavy atom. The molecule has 0 radical (unpaired) electrons. The Hall–Kier alpha value is -1.27. The van der Waals surface area contributed by atoms with Gasteiger partial charge in [-0.25, -0.2) is 0 Å². The number of imide groups is 1. The van der Waals surface area contributed by atoms with E-state index in [4.69, 9.17) is 0 Å². The van der Waals surface area contributed by atoms with Gasteiger partial charge in [0.15, 0.2) is 0 Å². The van der Waals surface area contributed by atoms with Crippen LogP contribution in [-0.4, -0.2) is 33.3 Å². The van der Waals surface area contributed by atoms with Crippen LogP contribution in [0.4, 0.5) is 4.79 Å². The molecule has 1 aliphatic heterocycles. The Kier molecular flexibility index (Phi) is 4.66. The lowest BCUT2D eigenvalue weighted by molar-refractivity contribution is -0.125. The Bertz CT molecular complexity index is 497. The van der Waals surface area contributed by atoms with E-state index in [9.17, 15) is 14.4 Å². The predicted molar refractivity (Wildman–Crippen MR) is 76.3 cm³/mol. The molecule has 1 fully saturated rings. The predicted octanol–water partition coefficient (Wildman–Crippen LogP) is 2.56. The summed E-state index contributed by atoms with van der Waals surface area (Å²) < 4.78 is 0. The maximum absolute atomic E-state index is 11.5. The molecule has 100 valence electrons. The van der Waals surface area contributed by atoms with E-state index in [1.54, 1.807) is 6.92 Å². The fourth-order valence-corrected chi connectivity index (χ4v) is 3.02. The van der Waals surface area contributed by atoms with Gasteiger partial charge in [-0.3, -0.25) is 19.3 Å². The number of nitrogens with zero attached hydrogens (tertiary/aromatic N) is 1. The molecule has 0 N–H and O–H groups in total. The van der Waals surface area contributed by atoms with Crippen molar-refractivity contribution in [2.45, 2.75) is 18.4 Å². The van der Waals surface area contributed by atoms with Crippen molar-refractivity contribution < 1.29 is 14.4 Å². The van der Waals surface area contributed by atoms with Crippen molar-refractivity contribution in [3.8, 4) is 0 Å². The van der Waals surface area contributed by atoms with Crippen molar-refractivity contribution in [2.24, 2.45) is 0 Å². The first kappa shape index (κ1) is 14.1. The van der Waals surface area contributed by atoms with Gasteiger partial charge >= 0.3 is 0 Å². The summed E-state index contributed by atoms with van der Waals surface area (Å²) in [5.41, 5.74) is 0.913. The minimum atomic E-state index is -0.181. The second-order valence-corrected chi connectivity index (χ2v) is 6.14. The molecule has 2 rings (SSSR count). The van der Waals surface area contributed by atoms with E-state index >= 15 is 0 Å². The Labute approximate surface area is 119 Å². The first-order valence-electron chi connectivity index (χ1n) is 5.74. The highest BCUT2D eigenvalue weighted by Crippen LogP contribution is 2.23. The molecule has 4 nitrogen and oxygen atoms in total. The second kappa shape index (κ2) is 6.25. The molecular formula is C13H13NO3S2. The van der Waals surface area contributed by atoms with Gasteiger partial charge in [-0.2, -0.15) is 0 Å². The number of hydrogen-bond acceptors (Lipinski definition) is 5. The van der Waals surface area contributed by atoms with Gasteiger partial charge in [0.1, 0.15) is 5.78 Å². The molecule has 0 spiro atoms. The van der Waals surface area contributed by atoms with E-state index in [0.717, 1.165) is 22.2 Å². The number of rotatable bonds is 5. The number of ketones is 1. The van der Waals surface area contributed by atoms with Crippen LogP contribution in [0.15, 0.2) is 29.2 Å². The third kappa shape index (κ3) is 3.84. The molecule has 6 heteroatoms. The fourth-order valence-electron chi connectivity index (χ4n) is 1.59. The molecule has 1 heterocycles. The van der Waals surface area contributed by atoms with Crippen molar-refractivity contribution in [3.05, 3.63) is 29.8 Å². The molecule has 0 unspecified atom stereocenters. The number of thioether (sulfide) groups is 2. The van der Waals surface area contributed by atoms with Crippen LogP contribution >= 0.6 is 23.5 Å². The summed E-state index contributed by atoms with van der Waals surface area (Å²) in [4.78, 5) is 36.1. The molecule has 1 aromatic carbocycles. The summed E-state index contributed by atoms with van der Waals surface area (Å²) in [7, 11) is 0. The van der Waals surface area contributed by atoms with Crippen LogP contribution in [0.1, 0.15) is 12.5 Å². The van der Waals surface area contributed by atoms with Crippen LogP contribution in [0.3, 0.4) is 0 Å². The number of carbonyl (C=O) groups excluding carboxylic acids is 3. The number of carbonyl (C=O) groups is 3. The number of hydrogen-bond donors (Lipinski definition) is 0. The summed E-state index contributed by atoms with van der Waals surface area (Å²) in [6.07, 6.45) is 0. The fraction of sp³-hybridized carbons (Fsp3) is 0.308. The standard InChI is InChI=1S/C13H13NO3S2/c1-9(15)7-18-11-4-2-10(3-5-11)6-14-12(16)8-19-13(14)17/h2-5H,6-8H2,1H3. The Morgan fingerprint density at radius 2 is 2.00 bits per heavy atom. The topological polar surface area (TPSA) is 54.5 Å². The van der Waals surface area contributed by atoms with Gasteiger partial charge in [-0.05, 0) is 24.6 Å². The van der Waals surface area contributed by atoms with Gasteiger partial charge in [0.05, 0.1) is 18.1 Å². The highest BCUT2D eigenvalue weighted by molar-refractivity contribution is 8.14. The third-order valence-corrected chi connectivity index (χ3v) is 4.56. The van der Waals surface area contributed by atoms with Gasteiger partial charge in [-0.15, -0.1) is 11.8 Å². The molecular weight excluding hydrogens is 282 g/mol. The molecule has 1 aliphatic rings. The number of amides is 2. The van der Waals surface area contributed by atoms with E-state index in [1.165, 1.54) is 16.7 Å². The van der Waals surface area contributed by atoms with Crippen LogP contribution in [-0.2, 0) is 16.1 Å². The van der Waals surface area contributed by atoms with Crippen LogP contribution in [0.25, 0.3) is 0 Å². The van der Waals surface area contributed by atoms with E-state index < -0.39 is 0 Å². The molecule has 0 atom stereocenters. The first-order valence-corrected chi connectivity index (χ1v) is 7.71. The van der Waals surface area contributed by atoms with Gasteiger partial charge in [-0.1, -0.05) is 23.9 Å². The molecule has 0 bridgehead atoms. The minimum Gasteiger partial charge on any atom is -0.299 e. The second-order valence-electron chi connectivity index (χ2n) is 4.17. The molecule has 2 amide bonds. The van der Waals surface area contributed by atoms with E-state index in [1.807, 2.05) is 24.3 Å². The van der Waals surface area contributed by atoms with Crippen LogP contribution in [0.2, 0.25) is 0 Å². The van der Waals surface area contributed by atoms with Gasteiger partial charge in [0.25, 0.3) is 5.24 Å². The average molecular weight is 295 g/mol. The van der Waals surface area contributed by atoms with Crippen LogP contribution < -0.4 is 0 Å². The van der Waals surface area contributed by atoms with Crippen LogP contribution in [0.5, 0.6) is 0 Å². The van der Waals surface area contributed by atoms with E-state index in [2.05, 4.69) is 0 Å². The van der Waals surface area contributed by atoms with Gasteiger partial charge < -0.3 is 0 Å². The quantitative estimate of drug-likeness (QED) is 0.781. The van der Waals surface area contributed by atoms with Gasteiger partial charge in [0, 0.05) is 4.90 Å². The van der Waals surface area contributed by atoms with Crippen molar-refractivity contribution in [1.82, 2.24) is 4.90 Å². The van der Waals surface area contributed by atoms with Crippen molar-refractivity contribution in [1.29, 1.82) is 0 Å². The normalized spacial score (nSPS) is 15.1. The molecule has 1 aromatic rings. The number of benzene rings is 1. The lowest BCUT2D eigenvalue weighted by atomic mass is 10.2. The lowest BCUT2D eigenvalue weighted by Crippen LogP contribution is -2.27. The zero-order chi connectivity index (χ0) is 13.8. The summed E-state index contributed by atoms with van der Waals surface area (Å²) in [6.45, 7) is 1.88. The monoisotopic (exact) mass is 295 g/mol. The number of Topliss-reactive ketones (excluding diaryl/α,β-unsaturated/α-hetero) is 1. The lowest BCUT2D eigenvalue weighted by Gasteiger charge is -2.12. The average Bonchev–Trinajstić information content (AvgIpc) is 2.70. The maximum atomic E-state index is 11.5. The van der Waals surface area contributed by atoms with E-state index in [-0.39, 0.29) is 22.7 Å². The smallest absolute Gasteiger partial charge is 0.289 e. The highest BCUT2D eigenvalue weighted by Gasteiger charge is 2.29. The van der Waals surface area contributed by atoms with Crippen molar-refractivity contribution in [3.63, 3.8) is 0 Å². The summed E-state index contributed by atoms with van der Waals surface area (Å²) >= 11 is 2.52. The van der Waals surface area contributed by atoms with Crippen LogP contribution in [0, 0.1) is 0 Å². The minimum absolute atomic E-state index is 0.134. The van der Waals surface area contributed by atoms with Crippen molar-refractivity contribution in [2.75, 3.05) is 11.5 Å². The Balaban J connectivity index is 1.97. The molecule has 1 saturated heterocycles. The summed E-state index contributed by atoms with van der Waals surface area (Å²) in [5.74, 6) is 0.703. The highest BCUT2D eigenvalue weighted by atomic mass is 32.2. The van der Waals surface area contributed by atoms with Gasteiger partial charge in [0.2, 0.25) is 5.91 Å². The first-order chi connectivity index (χ1) is 9.06. The molecule has 0 aliphatic carbocycles. The summed E-state index contributed by atoms with van der Waals surface area (Å²) in [5, 5.41) is -0.181. The summed E-state index contributed by atoms with van der Waals surface area (Å²) in [6, 6.07) is 7.57. The third-order valence-electron chi connectivity index (χ3n) is 2.55. The van der Waals surface area contributed by atoms with Crippen molar-refractivity contribution >= 4 is 40.5 Å². The molecule has 19 heavy (non-hydrogen) atoms.